The summed E-state index contributed by atoms with van der Waals surface area (Å²) in [7, 11) is 0. The molecule has 0 spiro atoms. The van der Waals surface area contributed by atoms with Crippen LogP contribution in [0.1, 0.15) is 5.56 Å². The number of ether oxygens (including phenoxy) is 1. The van der Waals surface area contributed by atoms with Crippen LogP contribution in [0.4, 0.5) is 39.5 Å². The number of nitrogens with zero attached hydrogens (tertiary/aromatic N) is 2. The van der Waals surface area contributed by atoms with Crippen LogP contribution < -0.4 is 21.1 Å². The molecule has 2 heterocycles. The molecule has 2 amide bonds. The van der Waals surface area contributed by atoms with Gasteiger partial charge in [-0.25, -0.2) is 19.2 Å². The lowest BCUT2D eigenvalue weighted by molar-refractivity contribution is -0.137. The molecule has 0 atom stereocenters. The molecular formula is C24H16ClF4N5O2. The van der Waals surface area contributed by atoms with Gasteiger partial charge in [-0.2, -0.15) is 13.2 Å². The van der Waals surface area contributed by atoms with Crippen molar-refractivity contribution in [3.8, 4) is 22.8 Å². The van der Waals surface area contributed by atoms with E-state index in [1.807, 2.05) is 5.32 Å². The molecular weight excluding hydrogens is 502 g/mol. The third-order valence-corrected chi connectivity index (χ3v) is 5.02. The van der Waals surface area contributed by atoms with E-state index in [2.05, 4.69) is 15.3 Å². The fourth-order valence-corrected chi connectivity index (χ4v) is 3.26. The van der Waals surface area contributed by atoms with Gasteiger partial charge in [0.05, 0.1) is 28.2 Å². The Morgan fingerprint density at radius 3 is 2.36 bits per heavy atom. The van der Waals surface area contributed by atoms with E-state index in [0.29, 0.717) is 40.4 Å². The van der Waals surface area contributed by atoms with Crippen molar-refractivity contribution in [3.05, 3.63) is 89.5 Å². The molecule has 0 fully saturated rings. The maximum atomic E-state index is 13.8. The van der Waals surface area contributed by atoms with Crippen LogP contribution in [0.15, 0.2) is 73.1 Å². The van der Waals surface area contributed by atoms with Crippen molar-refractivity contribution >= 4 is 34.8 Å². The normalized spacial score (nSPS) is 11.1. The molecule has 2 aromatic heterocycles. The van der Waals surface area contributed by atoms with E-state index in [1.165, 1.54) is 24.5 Å². The number of nitrogens with one attached hydrogen (secondary N) is 2. The highest BCUT2D eigenvalue weighted by atomic mass is 35.5. The van der Waals surface area contributed by atoms with E-state index < -0.39 is 29.3 Å². The number of carbonyl (C=O) groups excluding carboxylic acids is 1. The van der Waals surface area contributed by atoms with Crippen molar-refractivity contribution in [2.45, 2.75) is 6.18 Å². The van der Waals surface area contributed by atoms with E-state index >= 15 is 0 Å². The van der Waals surface area contributed by atoms with Crippen molar-refractivity contribution in [2.24, 2.45) is 0 Å². The van der Waals surface area contributed by atoms with E-state index in [-0.39, 0.29) is 11.6 Å². The van der Waals surface area contributed by atoms with Gasteiger partial charge >= 0.3 is 12.2 Å². The summed E-state index contributed by atoms with van der Waals surface area (Å²) in [5.41, 5.74) is 5.84. The average Bonchev–Trinajstić information content (AvgIpc) is 2.83. The molecule has 2 aromatic carbocycles. The molecule has 184 valence electrons. The number of amides is 2. The fraction of sp³-hybridized carbons (Fsp3) is 0.0417. The summed E-state index contributed by atoms with van der Waals surface area (Å²) >= 11 is 5.98. The summed E-state index contributed by atoms with van der Waals surface area (Å²) in [6.45, 7) is 0. The van der Waals surface area contributed by atoms with Gasteiger partial charge in [0.1, 0.15) is 17.4 Å². The van der Waals surface area contributed by atoms with Crippen LogP contribution in [-0.4, -0.2) is 16.0 Å². The molecule has 0 aliphatic rings. The maximum Gasteiger partial charge on any atom is 0.416 e. The molecule has 0 saturated heterocycles. The fourth-order valence-electron chi connectivity index (χ4n) is 3.10. The first-order chi connectivity index (χ1) is 17.1. The summed E-state index contributed by atoms with van der Waals surface area (Å²) in [5.74, 6) is -0.00198. The lowest BCUT2D eigenvalue weighted by Gasteiger charge is -2.12. The van der Waals surface area contributed by atoms with Gasteiger partial charge in [0.25, 0.3) is 0 Å². The highest BCUT2D eigenvalue weighted by Gasteiger charge is 2.31. The van der Waals surface area contributed by atoms with Crippen LogP contribution in [0.25, 0.3) is 11.1 Å². The van der Waals surface area contributed by atoms with Crippen LogP contribution >= 0.6 is 11.6 Å². The largest absolute Gasteiger partial charge is 0.439 e. The molecule has 0 saturated carbocycles. The Labute approximate surface area is 206 Å². The Balaban J connectivity index is 1.38. The number of carbonyl (C=O) groups is 1. The van der Waals surface area contributed by atoms with Gasteiger partial charge in [-0.05, 0) is 48.0 Å². The Hall–Kier alpha value is -4.38. The summed E-state index contributed by atoms with van der Waals surface area (Å²) < 4.78 is 58.0. The number of hydrogen-bond acceptors (Lipinski definition) is 5. The second kappa shape index (κ2) is 10.1. The summed E-state index contributed by atoms with van der Waals surface area (Å²) in [4.78, 5) is 20.2. The van der Waals surface area contributed by atoms with Crippen molar-refractivity contribution in [2.75, 3.05) is 16.4 Å². The van der Waals surface area contributed by atoms with Gasteiger partial charge in [0, 0.05) is 17.8 Å². The number of alkyl halides is 3. The lowest BCUT2D eigenvalue weighted by Crippen LogP contribution is -2.20. The number of halogens is 5. The first kappa shape index (κ1) is 24.7. The van der Waals surface area contributed by atoms with Gasteiger partial charge in [-0.3, -0.25) is 0 Å². The minimum atomic E-state index is -4.68. The SMILES string of the molecule is Nc1ncc(Cl)cc1-c1ccc(Oc2ccc(NC(=O)Nc3cc(C(F)(F)F)ccc3F)cn2)cc1. The van der Waals surface area contributed by atoms with Crippen LogP contribution in [0.5, 0.6) is 11.6 Å². The minimum absolute atomic E-state index is 0.200. The standard InChI is InChI=1S/C24H16ClF4N5O2/c25-15-10-18(22(30)32-11-15)13-1-5-17(6-2-13)36-21-8-4-16(12-31-21)33-23(35)34-20-9-14(24(27,28)29)3-7-19(20)26/h1-12H,(H2,30,32)(H2,33,34,35). The molecule has 4 aromatic rings. The molecule has 0 unspecified atom stereocenters. The minimum Gasteiger partial charge on any atom is -0.439 e. The zero-order chi connectivity index (χ0) is 25.9. The number of benzene rings is 2. The zero-order valence-electron chi connectivity index (χ0n) is 18.1. The molecule has 4 N–H and O–H groups in total. The summed E-state index contributed by atoms with van der Waals surface area (Å²) in [6.07, 6.45) is -1.96. The molecule has 4 rings (SSSR count). The predicted octanol–water partition coefficient (Wildman–Crippen LogP) is 6.97. The Morgan fingerprint density at radius 2 is 1.69 bits per heavy atom. The lowest BCUT2D eigenvalue weighted by atomic mass is 10.1. The summed E-state index contributed by atoms with van der Waals surface area (Å²) in [5, 5.41) is 4.85. The van der Waals surface area contributed by atoms with E-state index in [1.54, 1.807) is 30.3 Å². The van der Waals surface area contributed by atoms with Crippen molar-refractivity contribution < 1.29 is 27.1 Å². The highest BCUT2D eigenvalue weighted by Crippen LogP contribution is 2.32. The van der Waals surface area contributed by atoms with Crippen molar-refractivity contribution in [3.63, 3.8) is 0 Å². The third kappa shape index (κ3) is 5.99. The number of anilines is 3. The highest BCUT2D eigenvalue weighted by molar-refractivity contribution is 6.30. The number of rotatable bonds is 5. The van der Waals surface area contributed by atoms with E-state index in [4.69, 9.17) is 22.1 Å². The van der Waals surface area contributed by atoms with E-state index in [0.717, 1.165) is 5.56 Å². The predicted molar refractivity (Wildman–Crippen MR) is 127 cm³/mol. The van der Waals surface area contributed by atoms with Gasteiger partial charge in [0.2, 0.25) is 5.88 Å². The van der Waals surface area contributed by atoms with Crippen LogP contribution in [0.2, 0.25) is 5.02 Å². The van der Waals surface area contributed by atoms with Gasteiger partial charge in [-0.15, -0.1) is 0 Å². The second-order valence-electron chi connectivity index (χ2n) is 7.37. The molecule has 0 aliphatic carbocycles. The molecule has 12 heteroatoms. The molecule has 0 bridgehead atoms. The first-order valence-corrected chi connectivity index (χ1v) is 10.6. The van der Waals surface area contributed by atoms with Gasteiger partial charge in [-0.1, -0.05) is 23.7 Å². The Morgan fingerprint density at radius 1 is 0.944 bits per heavy atom. The summed E-state index contributed by atoms with van der Waals surface area (Å²) in [6, 6.07) is 12.3. The molecule has 7 nitrogen and oxygen atoms in total. The monoisotopic (exact) mass is 517 g/mol. The third-order valence-electron chi connectivity index (χ3n) is 4.81. The Bertz CT molecular complexity index is 1400. The van der Waals surface area contributed by atoms with Crippen LogP contribution in [0.3, 0.4) is 0 Å². The van der Waals surface area contributed by atoms with Gasteiger partial charge in [0.15, 0.2) is 0 Å². The van der Waals surface area contributed by atoms with Crippen LogP contribution in [-0.2, 0) is 6.18 Å². The molecule has 36 heavy (non-hydrogen) atoms. The van der Waals surface area contributed by atoms with Crippen molar-refractivity contribution in [1.29, 1.82) is 0 Å². The van der Waals surface area contributed by atoms with Gasteiger partial charge < -0.3 is 21.1 Å². The first-order valence-electron chi connectivity index (χ1n) is 10.2. The second-order valence-corrected chi connectivity index (χ2v) is 7.81. The molecule has 0 aliphatic heterocycles. The number of pyridine rings is 2. The number of urea groups is 1. The van der Waals surface area contributed by atoms with Crippen LogP contribution in [0, 0.1) is 5.82 Å². The quantitative estimate of drug-likeness (QED) is 0.248. The number of hydrogen-bond donors (Lipinski definition) is 3. The number of aromatic nitrogens is 2. The smallest absolute Gasteiger partial charge is 0.416 e. The average molecular weight is 518 g/mol. The molecule has 0 radical (unpaired) electrons. The van der Waals surface area contributed by atoms with Crippen molar-refractivity contribution in [1.82, 2.24) is 9.97 Å². The zero-order valence-corrected chi connectivity index (χ0v) is 18.9. The Kier molecular flexibility index (Phi) is 6.93. The maximum absolute atomic E-state index is 13.8. The number of nitrogens with two attached hydrogens (primary N) is 1. The van der Waals surface area contributed by atoms with E-state index in [9.17, 15) is 22.4 Å². The number of nitrogen functional groups attached to an aromatic ring is 1. The topological polar surface area (TPSA) is 102 Å².